The minimum Gasteiger partial charge on any atom is -0.359 e. The fourth-order valence-corrected chi connectivity index (χ4v) is 7.12. The number of fused-ring (bicyclic) bond motifs is 12. The molecule has 10 heteroatoms. The first-order valence-electron chi connectivity index (χ1n) is 9.72. The SMILES string of the molecule is COCOC12C3CC(C4C5C=CC(C5)C43)C1OC(OCOC)(C(F)(F)F)C2(F)F. The van der Waals surface area contributed by atoms with Crippen LogP contribution in [-0.2, 0) is 23.7 Å². The van der Waals surface area contributed by atoms with Crippen LogP contribution >= 0.6 is 0 Å². The molecule has 0 radical (unpaired) electrons. The predicted molar refractivity (Wildman–Crippen MR) is 86.6 cm³/mol. The minimum absolute atomic E-state index is 0.0292. The van der Waals surface area contributed by atoms with Crippen LogP contribution in [0, 0.1) is 35.5 Å². The Labute approximate surface area is 164 Å². The third-order valence-corrected chi connectivity index (χ3v) is 7.80. The van der Waals surface area contributed by atoms with Gasteiger partial charge in [-0.2, -0.15) is 22.0 Å². The van der Waals surface area contributed by atoms with Crippen molar-refractivity contribution in [1.82, 2.24) is 0 Å². The first-order chi connectivity index (χ1) is 13.7. The Bertz CT molecular complexity index is 714. The summed E-state index contributed by atoms with van der Waals surface area (Å²) >= 11 is 0. The summed E-state index contributed by atoms with van der Waals surface area (Å²) in [4.78, 5) is 0. The van der Waals surface area contributed by atoms with E-state index in [1.807, 2.05) is 6.08 Å². The normalized spacial score (nSPS) is 51.1. The van der Waals surface area contributed by atoms with E-state index >= 15 is 8.78 Å². The second kappa shape index (κ2) is 6.12. The van der Waals surface area contributed by atoms with Gasteiger partial charge in [-0.15, -0.1) is 0 Å². The summed E-state index contributed by atoms with van der Waals surface area (Å²) in [6, 6.07) is 0. The molecule has 164 valence electrons. The maximum Gasteiger partial charge on any atom is 0.450 e. The average Bonchev–Trinajstić information content (AvgIpc) is 3.41. The highest BCUT2D eigenvalue weighted by Crippen LogP contribution is 2.76. The summed E-state index contributed by atoms with van der Waals surface area (Å²) in [5.41, 5.74) is -2.46. The zero-order valence-corrected chi connectivity index (χ0v) is 16.0. The van der Waals surface area contributed by atoms with Gasteiger partial charge in [-0.05, 0) is 42.4 Å². The maximum atomic E-state index is 15.9. The standard InChI is InChI=1S/C19H23F5O5/c1-25-7-27-16-12-6-11(13-9-3-4-10(5-9)14(12)13)15(16)29-18(17(16,20)21,19(22,23)24)28-8-26-2/h3-4,9-15H,5-8H2,1-2H3. The van der Waals surface area contributed by atoms with Gasteiger partial charge in [0.1, 0.15) is 19.7 Å². The summed E-state index contributed by atoms with van der Waals surface area (Å²) in [5, 5.41) is 0. The van der Waals surface area contributed by atoms with Crippen molar-refractivity contribution in [2.24, 2.45) is 35.5 Å². The van der Waals surface area contributed by atoms with Gasteiger partial charge >= 0.3 is 17.9 Å². The van der Waals surface area contributed by atoms with Gasteiger partial charge in [-0.3, -0.25) is 0 Å². The summed E-state index contributed by atoms with van der Waals surface area (Å²) < 4.78 is 98.9. The van der Waals surface area contributed by atoms with Gasteiger partial charge < -0.3 is 23.7 Å². The van der Waals surface area contributed by atoms with Crippen molar-refractivity contribution < 1.29 is 45.6 Å². The van der Waals surface area contributed by atoms with Gasteiger partial charge in [0.2, 0.25) is 0 Å². The molecule has 1 heterocycles. The highest BCUT2D eigenvalue weighted by atomic mass is 19.4. The number of rotatable bonds is 6. The molecule has 1 aliphatic heterocycles. The molecule has 0 amide bonds. The topological polar surface area (TPSA) is 46.2 Å². The quantitative estimate of drug-likeness (QED) is 0.282. The molecule has 1 saturated heterocycles. The summed E-state index contributed by atoms with van der Waals surface area (Å²) in [6.45, 7) is -1.55. The molecule has 4 fully saturated rings. The number of hydrogen-bond acceptors (Lipinski definition) is 5. The molecule has 0 aromatic carbocycles. The van der Waals surface area contributed by atoms with Crippen molar-refractivity contribution in [3.63, 3.8) is 0 Å². The van der Waals surface area contributed by atoms with Crippen molar-refractivity contribution in [2.45, 2.75) is 42.4 Å². The fourth-order valence-electron chi connectivity index (χ4n) is 7.12. The molecule has 5 aliphatic rings. The Morgan fingerprint density at radius 3 is 2.21 bits per heavy atom. The summed E-state index contributed by atoms with van der Waals surface area (Å²) in [6.07, 6.45) is -1.65. The van der Waals surface area contributed by atoms with E-state index in [1.165, 1.54) is 7.11 Å². The first kappa shape index (κ1) is 20.1. The molecule has 5 rings (SSSR count). The first-order valence-corrected chi connectivity index (χ1v) is 9.72. The number of alkyl halides is 5. The molecule has 0 N–H and O–H groups in total. The molecular weight excluding hydrogens is 403 g/mol. The molecule has 29 heavy (non-hydrogen) atoms. The highest BCUT2D eigenvalue weighted by Gasteiger charge is 2.93. The number of ether oxygens (including phenoxy) is 5. The van der Waals surface area contributed by atoms with E-state index in [2.05, 4.69) is 15.5 Å². The number of hydrogen-bond donors (Lipinski definition) is 0. The largest absolute Gasteiger partial charge is 0.450 e. The Morgan fingerprint density at radius 1 is 0.966 bits per heavy atom. The van der Waals surface area contributed by atoms with Crippen LogP contribution in [0.3, 0.4) is 0 Å². The minimum atomic E-state index is -5.49. The van der Waals surface area contributed by atoms with Crippen molar-refractivity contribution >= 4 is 0 Å². The lowest BCUT2D eigenvalue weighted by atomic mass is 9.64. The van der Waals surface area contributed by atoms with Crippen LogP contribution < -0.4 is 0 Å². The second-order valence-corrected chi connectivity index (χ2v) is 8.73. The van der Waals surface area contributed by atoms with Gasteiger partial charge in [-0.25, -0.2) is 0 Å². The van der Waals surface area contributed by atoms with Crippen LogP contribution in [0.15, 0.2) is 12.2 Å². The van der Waals surface area contributed by atoms with Gasteiger partial charge in [0.25, 0.3) is 0 Å². The van der Waals surface area contributed by atoms with E-state index in [9.17, 15) is 13.2 Å². The Balaban J connectivity index is 1.63. The van der Waals surface area contributed by atoms with E-state index in [0.29, 0.717) is 6.42 Å². The summed E-state index contributed by atoms with van der Waals surface area (Å²) in [7, 11) is 2.31. The predicted octanol–water partition coefficient (Wildman–Crippen LogP) is 3.35. The van der Waals surface area contributed by atoms with Gasteiger partial charge in [-0.1, -0.05) is 12.2 Å². The Kier molecular flexibility index (Phi) is 4.25. The van der Waals surface area contributed by atoms with E-state index in [1.54, 1.807) is 0 Å². The van der Waals surface area contributed by atoms with Gasteiger partial charge in [0.15, 0.2) is 5.60 Å². The van der Waals surface area contributed by atoms with Crippen LogP contribution in [0.4, 0.5) is 22.0 Å². The van der Waals surface area contributed by atoms with Crippen molar-refractivity contribution in [2.75, 3.05) is 27.8 Å². The lowest BCUT2D eigenvalue weighted by Crippen LogP contribution is -2.68. The van der Waals surface area contributed by atoms with Crippen molar-refractivity contribution in [3.05, 3.63) is 12.2 Å². The molecule has 4 aliphatic carbocycles. The summed E-state index contributed by atoms with van der Waals surface area (Å²) in [5.74, 6) is -9.69. The lowest BCUT2D eigenvalue weighted by molar-refractivity contribution is -0.440. The molecule has 5 nitrogen and oxygen atoms in total. The van der Waals surface area contributed by atoms with E-state index in [0.717, 1.165) is 13.5 Å². The monoisotopic (exact) mass is 426 g/mol. The van der Waals surface area contributed by atoms with Crippen LogP contribution in [0.25, 0.3) is 0 Å². The van der Waals surface area contributed by atoms with E-state index < -0.39 is 55.0 Å². The zero-order chi connectivity index (χ0) is 20.8. The van der Waals surface area contributed by atoms with E-state index in [4.69, 9.17) is 14.2 Å². The number of halogens is 5. The zero-order valence-electron chi connectivity index (χ0n) is 16.0. The molecule has 9 unspecified atom stereocenters. The third kappa shape index (κ3) is 2.12. The van der Waals surface area contributed by atoms with Crippen LogP contribution in [0.1, 0.15) is 12.8 Å². The average molecular weight is 426 g/mol. The number of methoxy groups -OCH3 is 2. The smallest absolute Gasteiger partial charge is 0.359 e. The van der Waals surface area contributed by atoms with Crippen LogP contribution in [0.5, 0.6) is 0 Å². The molecule has 4 bridgehead atoms. The lowest BCUT2D eigenvalue weighted by Gasteiger charge is -2.47. The van der Waals surface area contributed by atoms with Crippen LogP contribution in [-0.4, -0.2) is 57.4 Å². The van der Waals surface area contributed by atoms with Crippen LogP contribution in [0.2, 0.25) is 0 Å². The number of allylic oxidation sites excluding steroid dienone is 2. The highest BCUT2D eigenvalue weighted by molar-refractivity contribution is 5.32. The molecule has 0 spiro atoms. The van der Waals surface area contributed by atoms with Gasteiger partial charge in [0.05, 0.1) is 0 Å². The molecule has 9 atom stereocenters. The molecular formula is C19H23F5O5. The Morgan fingerprint density at radius 2 is 1.59 bits per heavy atom. The molecule has 0 aromatic heterocycles. The van der Waals surface area contributed by atoms with E-state index in [-0.39, 0.29) is 23.7 Å². The fraction of sp³-hybridized carbons (Fsp3) is 0.895. The van der Waals surface area contributed by atoms with Crippen molar-refractivity contribution in [1.29, 1.82) is 0 Å². The molecule has 3 saturated carbocycles. The second-order valence-electron chi connectivity index (χ2n) is 8.73. The maximum absolute atomic E-state index is 15.9. The Hall–Kier alpha value is -0.810. The molecule has 0 aromatic rings. The van der Waals surface area contributed by atoms with Crippen molar-refractivity contribution in [3.8, 4) is 0 Å². The third-order valence-electron chi connectivity index (χ3n) is 7.80. The van der Waals surface area contributed by atoms with Gasteiger partial charge in [0, 0.05) is 20.1 Å².